The summed E-state index contributed by atoms with van der Waals surface area (Å²) in [5.41, 5.74) is 12.2. The molecule has 0 unspecified atom stereocenters. The Morgan fingerprint density at radius 3 is 2.60 bits per heavy atom. The first-order chi connectivity index (χ1) is 9.56. The minimum absolute atomic E-state index is 0.0175. The zero-order valence-electron chi connectivity index (χ0n) is 11.7. The van der Waals surface area contributed by atoms with Gasteiger partial charge in [0.15, 0.2) is 5.78 Å². The Morgan fingerprint density at radius 1 is 1.05 bits per heavy atom. The molecular weight excluding hydrogens is 250 g/mol. The molecule has 0 spiro atoms. The summed E-state index contributed by atoms with van der Waals surface area (Å²) in [6.45, 7) is 5.12. The van der Waals surface area contributed by atoms with Gasteiger partial charge in [0.2, 0.25) is 0 Å². The van der Waals surface area contributed by atoms with E-state index in [4.69, 9.17) is 10.5 Å². The van der Waals surface area contributed by atoms with Crippen molar-refractivity contribution in [3.05, 3.63) is 63.7 Å². The highest BCUT2D eigenvalue weighted by atomic mass is 16.5. The van der Waals surface area contributed by atoms with Crippen molar-refractivity contribution < 1.29 is 9.53 Å². The fourth-order valence-corrected chi connectivity index (χ4v) is 2.58. The lowest BCUT2D eigenvalue weighted by atomic mass is 9.95. The number of nitrogens with two attached hydrogens (primary N) is 1. The van der Waals surface area contributed by atoms with Gasteiger partial charge in [-0.15, -0.1) is 0 Å². The molecule has 0 radical (unpaired) electrons. The van der Waals surface area contributed by atoms with Crippen LogP contribution in [0.5, 0.6) is 0 Å². The van der Waals surface area contributed by atoms with Crippen molar-refractivity contribution in [3.8, 4) is 0 Å². The zero-order valence-corrected chi connectivity index (χ0v) is 11.7. The summed E-state index contributed by atoms with van der Waals surface area (Å²) >= 11 is 0. The molecule has 0 saturated carbocycles. The van der Waals surface area contributed by atoms with E-state index < -0.39 is 0 Å². The van der Waals surface area contributed by atoms with Crippen LogP contribution in [-0.2, 0) is 18.0 Å². The first kappa shape index (κ1) is 12.9. The summed E-state index contributed by atoms with van der Waals surface area (Å²) in [4.78, 5) is 12.6. The monoisotopic (exact) mass is 267 g/mol. The summed E-state index contributed by atoms with van der Waals surface area (Å²) in [6.07, 6.45) is 0. The molecular formula is C17H17NO2. The molecule has 102 valence electrons. The molecule has 3 rings (SSSR count). The van der Waals surface area contributed by atoms with E-state index in [0.29, 0.717) is 30.0 Å². The predicted octanol–water partition coefficient (Wildman–Crippen LogP) is 3.15. The fourth-order valence-electron chi connectivity index (χ4n) is 2.58. The van der Waals surface area contributed by atoms with Gasteiger partial charge in [-0.3, -0.25) is 4.79 Å². The quantitative estimate of drug-likeness (QED) is 0.671. The van der Waals surface area contributed by atoms with Gasteiger partial charge in [-0.25, -0.2) is 0 Å². The predicted molar refractivity (Wildman–Crippen MR) is 78.7 cm³/mol. The molecule has 1 aliphatic rings. The number of carbonyl (C=O) groups excluding carboxylic acids is 1. The number of rotatable bonds is 2. The van der Waals surface area contributed by atoms with Crippen molar-refractivity contribution in [2.75, 3.05) is 5.73 Å². The maximum Gasteiger partial charge on any atom is 0.193 e. The number of ether oxygens (including phenoxy) is 1. The van der Waals surface area contributed by atoms with Crippen molar-refractivity contribution in [3.63, 3.8) is 0 Å². The summed E-state index contributed by atoms with van der Waals surface area (Å²) in [7, 11) is 0. The van der Waals surface area contributed by atoms with Gasteiger partial charge in [0, 0.05) is 16.8 Å². The second-order valence-electron chi connectivity index (χ2n) is 5.33. The van der Waals surface area contributed by atoms with E-state index >= 15 is 0 Å². The normalized spacial score (nSPS) is 13.3. The van der Waals surface area contributed by atoms with Crippen LogP contribution in [0.4, 0.5) is 5.69 Å². The van der Waals surface area contributed by atoms with Crippen LogP contribution >= 0.6 is 0 Å². The van der Waals surface area contributed by atoms with Gasteiger partial charge in [0.05, 0.1) is 13.2 Å². The molecule has 1 aliphatic heterocycles. The van der Waals surface area contributed by atoms with Crippen molar-refractivity contribution in [2.24, 2.45) is 0 Å². The topological polar surface area (TPSA) is 52.3 Å². The number of hydrogen-bond donors (Lipinski definition) is 1. The molecule has 2 aromatic carbocycles. The molecule has 0 fully saturated rings. The molecule has 0 bridgehead atoms. The van der Waals surface area contributed by atoms with E-state index in [0.717, 1.165) is 16.7 Å². The van der Waals surface area contributed by atoms with E-state index in [1.54, 1.807) is 6.07 Å². The maximum atomic E-state index is 12.6. The zero-order chi connectivity index (χ0) is 14.3. The first-order valence-electron chi connectivity index (χ1n) is 6.67. The Labute approximate surface area is 118 Å². The van der Waals surface area contributed by atoms with Crippen LogP contribution in [0.3, 0.4) is 0 Å². The lowest BCUT2D eigenvalue weighted by molar-refractivity contribution is 0.103. The third-order valence-electron chi connectivity index (χ3n) is 3.84. The number of fused-ring (bicyclic) bond motifs is 1. The molecule has 0 aliphatic carbocycles. The summed E-state index contributed by atoms with van der Waals surface area (Å²) in [6, 6.07) is 9.50. The smallest absolute Gasteiger partial charge is 0.193 e. The molecule has 2 N–H and O–H groups in total. The first-order valence-corrected chi connectivity index (χ1v) is 6.67. The highest BCUT2D eigenvalue weighted by Gasteiger charge is 2.17. The van der Waals surface area contributed by atoms with Gasteiger partial charge in [0.1, 0.15) is 0 Å². The number of ketones is 1. The molecule has 3 nitrogen and oxygen atoms in total. The molecule has 20 heavy (non-hydrogen) atoms. The number of carbonyl (C=O) groups is 1. The highest BCUT2D eigenvalue weighted by Crippen LogP contribution is 2.24. The van der Waals surface area contributed by atoms with E-state index in [1.165, 1.54) is 5.56 Å². The van der Waals surface area contributed by atoms with Crippen LogP contribution in [0.25, 0.3) is 0 Å². The number of hydrogen-bond acceptors (Lipinski definition) is 3. The second-order valence-corrected chi connectivity index (χ2v) is 5.33. The lowest BCUT2D eigenvalue weighted by Crippen LogP contribution is -2.06. The van der Waals surface area contributed by atoms with Crippen molar-refractivity contribution in [1.29, 1.82) is 0 Å². The third-order valence-corrected chi connectivity index (χ3v) is 3.84. The summed E-state index contributed by atoms with van der Waals surface area (Å²) < 4.78 is 5.38. The average molecular weight is 267 g/mol. The summed E-state index contributed by atoms with van der Waals surface area (Å²) in [5.74, 6) is 0.0175. The number of anilines is 1. The number of nitrogen functional groups attached to an aromatic ring is 1. The molecule has 0 amide bonds. The minimum Gasteiger partial charge on any atom is -0.398 e. The number of benzene rings is 2. The van der Waals surface area contributed by atoms with E-state index in [2.05, 4.69) is 0 Å². The van der Waals surface area contributed by atoms with Gasteiger partial charge < -0.3 is 10.5 Å². The van der Waals surface area contributed by atoms with E-state index in [-0.39, 0.29) is 5.78 Å². The van der Waals surface area contributed by atoms with Gasteiger partial charge in [-0.1, -0.05) is 18.2 Å². The van der Waals surface area contributed by atoms with Gasteiger partial charge in [-0.2, -0.15) is 0 Å². The molecule has 3 heteroatoms. The molecule has 0 saturated heterocycles. The van der Waals surface area contributed by atoms with E-state index in [1.807, 2.05) is 38.1 Å². The van der Waals surface area contributed by atoms with Crippen molar-refractivity contribution in [1.82, 2.24) is 0 Å². The highest BCUT2D eigenvalue weighted by molar-refractivity contribution is 6.10. The molecule has 1 heterocycles. The van der Waals surface area contributed by atoms with Crippen molar-refractivity contribution >= 4 is 11.5 Å². The van der Waals surface area contributed by atoms with Crippen molar-refractivity contribution in [2.45, 2.75) is 27.1 Å². The van der Waals surface area contributed by atoms with Crippen LogP contribution < -0.4 is 5.73 Å². The van der Waals surface area contributed by atoms with Crippen LogP contribution in [0.2, 0.25) is 0 Å². The molecule has 0 atom stereocenters. The summed E-state index contributed by atoms with van der Waals surface area (Å²) in [5, 5.41) is 0. The van der Waals surface area contributed by atoms with Crippen LogP contribution in [0.1, 0.15) is 38.2 Å². The Morgan fingerprint density at radius 2 is 1.80 bits per heavy atom. The Balaban J connectivity index is 2.03. The standard InChI is InChI=1S/C17H17NO2/c1-10-5-11(2)16(18)7-15(10)17(19)12-3-4-13-8-20-9-14(13)6-12/h3-7H,8-9,18H2,1-2H3. The van der Waals surface area contributed by atoms with Crippen LogP contribution in [0.15, 0.2) is 30.3 Å². The lowest BCUT2D eigenvalue weighted by Gasteiger charge is -2.09. The minimum atomic E-state index is 0.0175. The van der Waals surface area contributed by atoms with Crippen LogP contribution in [-0.4, -0.2) is 5.78 Å². The molecule has 2 aromatic rings. The Bertz CT molecular complexity index is 704. The maximum absolute atomic E-state index is 12.6. The third kappa shape index (κ3) is 2.10. The SMILES string of the molecule is Cc1cc(C)c(C(=O)c2ccc3c(c2)COC3)cc1N. The fraction of sp³-hybridized carbons (Fsp3) is 0.235. The van der Waals surface area contributed by atoms with Gasteiger partial charge in [-0.05, 0) is 48.2 Å². The van der Waals surface area contributed by atoms with E-state index in [9.17, 15) is 4.79 Å². The van der Waals surface area contributed by atoms with Gasteiger partial charge in [0.25, 0.3) is 0 Å². The Kier molecular flexibility index (Phi) is 3.07. The second kappa shape index (κ2) is 4.76. The number of aryl methyl sites for hydroxylation is 2. The van der Waals surface area contributed by atoms with Gasteiger partial charge >= 0.3 is 0 Å². The Hall–Kier alpha value is -2.13. The van der Waals surface area contributed by atoms with Crippen LogP contribution in [0, 0.1) is 13.8 Å². The molecule has 0 aromatic heterocycles. The largest absolute Gasteiger partial charge is 0.398 e. The average Bonchev–Trinajstić information content (AvgIpc) is 2.89.